The average molecular weight is 209 g/mol. The van der Waals surface area contributed by atoms with Crippen molar-refractivity contribution in [2.24, 2.45) is 5.92 Å². The van der Waals surface area contributed by atoms with Gasteiger partial charge in [-0.05, 0) is 49.4 Å². The minimum atomic E-state index is 0.487. The van der Waals surface area contributed by atoms with Crippen LogP contribution in [0.1, 0.15) is 30.7 Å². The minimum absolute atomic E-state index is 0.487. The molecule has 0 bridgehead atoms. The van der Waals surface area contributed by atoms with Crippen LogP contribution in [-0.2, 0) is 5.41 Å². The molecular weight excluding hydrogens is 190 g/mol. The first-order chi connectivity index (χ1) is 6.68. The highest BCUT2D eigenvalue weighted by molar-refractivity contribution is 7.10. The van der Waals surface area contributed by atoms with Crippen molar-refractivity contribution in [1.82, 2.24) is 5.32 Å². The SMILES string of the molecule is CCNCC1CC1(C)c1sccc1C. The van der Waals surface area contributed by atoms with E-state index < -0.39 is 0 Å². The van der Waals surface area contributed by atoms with Gasteiger partial charge in [-0.3, -0.25) is 0 Å². The third-order valence-corrected chi connectivity index (χ3v) is 4.73. The van der Waals surface area contributed by atoms with E-state index in [1.54, 1.807) is 4.88 Å². The van der Waals surface area contributed by atoms with Gasteiger partial charge in [-0.15, -0.1) is 11.3 Å². The number of thiophene rings is 1. The second-order valence-electron chi connectivity index (χ2n) is 4.56. The molecule has 14 heavy (non-hydrogen) atoms. The molecule has 1 nitrogen and oxygen atoms in total. The van der Waals surface area contributed by atoms with Crippen LogP contribution < -0.4 is 5.32 Å². The van der Waals surface area contributed by atoms with E-state index in [0.29, 0.717) is 5.41 Å². The Kier molecular flexibility index (Phi) is 2.67. The Labute approximate surface area is 90.5 Å². The molecule has 2 atom stereocenters. The molecule has 1 aliphatic rings. The van der Waals surface area contributed by atoms with Gasteiger partial charge in [-0.2, -0.15) is 0 Å². The summed E-state index contributed by atoms with van der Waals surface area (Å²) in [5, 5.41) is 5.67. The molecule has 1 aromatic heterocycles. The maximum absolute atomic E-state index is 3.45. The van der Waals surface area contributed by atoms with Crippen LogP contribution in [0.3, 0.4) is 0 Å². The topological polar surface area (TPSA) is 12.0 Å². The molecule has 1 aliphatic carbocycles. The molecule has 2 rings (SSSR count). The number of rotatable bonds is 4. The first-order valence-corrected chi connectivity index (χ1v) is 6.31. The Morgan fingerprint density at radius 1 is 1.64 bits per heavy atom. The molecule has 78 valence electrons. The van der Waals surface area contributed by atoms with Gasteiger partial charge in [0.2, 0.25) is 0 Å². The smallest absolute Gasteiger partial charge is 0.0137 e. The van der Waals surface area contributed by atoms with E-state index in [9.17, 15) is 0 Å². The van der Waals surface area contributed by atoms with Gasteiger partial charge in [0.15, 0.2) is 0 Å². The Morgan fingerprint density at radius 3 is 3.00 bits per heavy atom. The average Bonchev–Trinajstić information content (AvgIpc) is 2.58. The largest absolute Gasteiger partial charge is 0.317 e. The van der Waals surface area contributed by atoms with Gasteiger partial charge in [0.25, 0.3) is 0 Å². The lowest BCUT2D eigenvalue weighted by molar-refractivity contribution is 0.595. The van der Waals surface area contributed by atoms with Crippen molar-refractivity contribution in [3.8, 4) is 0 Å². The quantitative estimate of drug-likeness (QED) is 0.804. The standard InChI is InChI=1S/C12H19NS/c1-4-13-8-10-7-12(10,3)11-9(2)5-6-14-11/h5-6,10,13H,4,7-8H2,1-3H3. The monoisotopic (exact) mass is 209 g/mol. The van der Waals surface area contributed by atoms with Crippen LogP contribution in [0.5, 0.6) is 0 Å². The van der Waals surface area contributed by atoms with Crippen molar-refractivity contribution in [3.63, 3.8) is 0 Å². The highest BCUT2D eigenvalue weighted by Gasteiger charge is 2.51. The zero-order valence-corrected chi connectivity index (χ0v) is 10.1. The molecule has 0 radical (unpaired) electrons. The molecule has 1 N–H and O–H groups in total. The van der Waals surface area contributed by atoms with Gasteiger partial charge in [0.05, 0.1) is 0 Å². The maximum Gasteiger partial charge on any atom is 0.0137 e. The van der Waals surface area contributed by atoms with Gasteiger partial charge in [0, 0.05) is 10.3 Å². The second kappa shape index (κ2) is 3.67. The summed E-state index contributed by atoms with van der Waals surface area (Å²) in [5.41, 5.74) is 1.97. The first-order valence-electron chi connectivity index (χ1n) is 5.43. The number of hydrogen-bond donors (Lipinski definition) is 1. The Morgan fingerprint density at radius 2 is 2.43 bits per heavy atom. The molecule has 0 spiro atoms. The molecule has 1 fully saturated rings. The predicted molar refractivity (Wildman–Crippen MR) is 63.1 cm³/mol. The summed E-state index contributed by atoms with van der Waals surface area (Å²) in [5.74, 6) is 0.861. The lowest BCUT2D eigenvalue weighted by Crippen LogP contribution is -2.19. The van der Waals surface area contributed by atoms with Gasteiger partial charge < -0.3 is 5.32 Å². The van der Waals surface area contributed by atoms with E-state index >= 15 is 0 Å². The van der Waals surface area contributed by atoms with Crippen LogP contribution in [0, 0.1) is 12.8 Å². The summed E-state index contributed by atoms with van der Waals surface area (Å²) in [4.78, 5) is 1.61. The lowest BCUT2D eigenvalue weighted by atomic mass is 10.0. The van der Waals surface area contributed by atoms with Crippen molar-refractivity contribution in [1.29, 1.82) is 0 Å². The van der Waals surface area contributed by atoms with Gasteiger partial charge in [-0.25, -0.2) is 0 Å². The molecule has 1 heterocycles. The molecule has 2 unspecified atom stereocenters. The summed E-state index contributed by atoms with van der Waals surface area (Å²) >= 11 is 1.93. The van der Waals surface area contributed by atoms with E-state index in [1.807, 2.05) is 11.3 Å². The fourth-order valence-corrected chi connectivity index (χ4v) is 3.49. The molecule has 1 saturated carbocycles. The van der Waals surface area contributed by atoms with Crippen LogP contribution in [0.15, 0.2) is 11.4 Å². The summed E-state index contributed by atoms with van der Waals surface area (Å²) in [6.07, 6.45) is 1.36. The van der Waals surface area contributed by atoms with E-state index in [-0.39, 0.29) is 0 Å². The van der Waals surface area contributed by atoms with Crippen LogP contribution in [0.2, 0.25) is 0 Å². The van der Waals surface area contributed by atoms with Gasteiger partial charge >= 0.3 is 0 Å². The molecule has 1 aromatic rings. The molecule has 0 saturated heterocycles. The van der Waals surface area contributed by atoms with Crippen LogP contribution >= 0.6 is 11.3 Å². The zero-order chi connectivity index (χ0) is 10.2. The third-order valence-electron chi connectivity index (χ3n) is 3.43. The summed E-state index contributed by atoms with van der Waals surface area (Å²) in [6, 6.07) is 2.24. The molecule has 0 aliphatic heterocycles. The Bertz CT molecular complexity index is 318. The van der Waals surface area contributed by atoms with Gasteiger partial charge in [-0.1, -0.05) is 13.8 Å². The van der Waals surface area contributed by atoms with Gasteiger partial charge in [0.1, 0.15) is 0 Å². The highest BCUT2D eigenvalue weighted by atomic mass is 32.1. The van der Waals surface area contributed by atoms with Crippen molar-refractivity contribution >= 4 is 11.3 Å². The zero-order valence-electron chi connectivity index (χ0n) is 9.26. The predicted octanol–water partition coefficient (Wildman–Crippen LogP) is 2.94. The minimum Gasteiger partial charge on any atom is -0.317 e. The van der Waals surface area contributed by atoms with Crippen molar-refractivity contribution < 1.29 is 0 Å². The van der Waals surface area contributed by atoms with Crippen LogP contribution in [0.4, 0.5) is 0 Å². The highest BCUT2D eigenvalue weighted by Crippen LogP contribution is 2.55. The first kappa shape index (κ1) is 10.2. The molecule has 0 amide bonds. The van der Waals surface area contributed by atoms with Crippen LogP contribution in [0.25, 0.3) is 0 Å². The molecular formula is C12H19NS. The Balaban J connectivity index is 2.03. The molecule has 0 aromatic carbocycles. The maximum atomic E-state index is 3.45. The fraction of sp³-hybridized carbons (Fsp3) is 0.667. The number of nitrogens with one attached hydrogen (secondary N) is 1. The second-order valence-corrected chi connectivity index (χ2v) is 5.48. The summed E-state index contributed by atoms with van der Waals surface area (Å²) in [7, 11) is 0. The van der Waals surface area contributed by atoms with Crippen molar-refractivity contribution in [2.45, 2.75) is 32.6 Å². The molecule has 2 heteroatoms. The summed E-state index contributed by atoms with van der Waals surface area (Å²) in [6.45, 7) is 9.10. The van der Waals surface area contributed by atoms with E-state index in [4.69, 9.17) is 0 Å². The van der Waals surface area contributed by atoms with E-state index in [1.165, 1.54) is 18.5 Å². The van der Waals surface area contributed by atoms with Crippen molar-refractivity contribution in [3.05, 3.63) is 21.9 Å². The van der Waals surface area contributed by atoms with Crippen LogP contribution in [-0.4, -0.2) is 13.1 Å². The van der Waals surface area contributed by atoms with Crippen molar-refractivity contribution in [2.75, 3.05) is 13.1 Å². The fourth-order valence-electron chi connectivity index (χ4n) is 2.30. The normalized spacial score (nSPS) is 30.6. The Hall–Kier alpha value is -0.340. The number of aryl methyl sites for hydroxylation is 1. The summed E-state index contributed by atoms with van der Waals surface area (Å²) < 4.78 is 0. The number of hydrogen-bond acceptors (Lipinski definition) is 2. The van der Waals surface area contributed by atoms with E-state index in [2.05, 4.69) is 37.5 Å². The third kappa shape index (κ3) is 1.61. The lowest BCUT2D eigenvalue weighted by Gasteiger charge is -2.10. The van der Waals surface area contributed by atoms with E-state index in [0.717, 1.165) is 12.5 Å².